The van der Waals surface area contributed by atoms with E-state index in [1.165, 1.54) is 29.7 Å². The fourth-order valence-corrected chi connectivity index (χ4v) is 2.07. The second-order valence-electron chi connectivity index (χ2n) is 4.75. The molecule has 1 aliphatic carbocycles. The fraction of sp³-hybridized carbons (Fsp3) is 0.357. The SMILES string of the molecule is Cc1cc(CNC2CC2)ccc1-n1ccnc1. The number of rotatable bonds is 4. The summed E-state index contributed by atoms with van der Waals surface area (Å²) in [4.78, 5) is 4.08. The normalized spacial score (nSPS) is 15.1. The van der Waals surface area contributed by atoms with E-state index in [0.29, 0.717) is 0 Å². The molecule has 1 aromatic heterocycles. The summed E-state index contributed by atoms with van der Waals surface area (Å²) in [6, 6.07) is 7.38. The minimum Gasteiger partial charge on any atom is -0.310 e. The maximum absolute atomic E-state index is 4.08. The van der Waals surface area contributed by atoms with Crippen molar-refractivity contribution in [1.82, 2.24) is 14.9 Å². The molecule has 3 rings (SSSR count). The highest BCUT2D eigenvalue weighted by Crippen LogP contribution is 2.20. The van der Waals surface area contributed by atoms with Crippen LogP contribution in [0.15, 0.2) is 36.9 Å². The van der Waals surface area contributed by atoms with Gasteiger partial charge in [0.15, 0.2) is 0 Å². The van der Waals surface area contributed by atoms with Gasteiger partial charge in [-0.2, -0.15) is 0 Å². The van der Waals surface area contributed by atoms with Gasteiger partial charge in [-0.3, -0.25) is 0 Å². The van der Waals surface area contributed by atoms with Gasteiger partial charge in [-0.1, -0.05) is 12.1 Å². The van der Waals surface area contributed by atoms with Crippen molar-refractivity contribution in [3.8, 4) is 5.69 Å². The highest BCUT2D eigenvalue weighted by Gasteiger charge is 2.19. The van der Waals surface area contributed by atoms with Crippen molar-refractivity contribution in [2.75, 3.05) is 0 Å². The standard InChI is InChI=1S/C14H17N3/c1-11-8-12(9-16-13-3-4-13)2-5-14(11)17-7-6-15-10-17/h2,5-8,10,13,16H,3-4,9H2,1H3. The summed E-state index contributed by atoms with van der Waals surface area (Å²) < 4.78 is 2.05. The minimum absolute atomic E-state index is 0.767. The van der Waals surface area contributed by atoms with Crippen molar-refractivity contribution in [3.05, 3.63) is 48.0 Å². The molecule has 3 nitrogen and oxygen atoms in total. The first-order valence-electron chi connectivity index (χ1n) is 6.14. The van der Waals surface area contributed by atoms with Crippen LogP contribution in [0, 0.1) is 6.92 Å². The lowest BCUT2D eigenvalue weighted by Gasteiger charge is -2.09. The van der Waals surface area contributed by atoms with Gasteiger partial charge in [0.25, 0.3) is 0 Å². The Hall–Kier alpha value is -1.61. The lowest BCUT2D eigenvalue weighted by atomic mass is 10.1. The molecule has 0 saturated heterocycles. The third-order valence-electron chi connectivity index (χ3n) is 3.22. The van der Waals surface area contributed by atoms with Crippen LogP contribution in [-0.2, 0) is 6.54 Å². The Morgan fingerprint density at radius 3 is 2.94 bits per heavy atom. The summed E-state index contributed by atoms with van der Waals surface area (Å²) in [5.41, 5.74) is 3.86. The van der Waals surface area contributed by atoms with Crippen molar-refractivity contribution in [1.29, 1.82) is 0 Å². The molecule has 0 amide bonds. The van der Waals surface area contributed by atoms with Crippen molar-refractivity contribution in [2.45, 2.75) is 32.4 Å². The van der Waals surface area contributed by atoms with Crippen LogP contribution in [0.1, 0.15) is 24.0 Å². The van der Waals surface area contributed by atoms with Crippen molar-refractivity contribution < 1.29 is 0 Å². The van der Waals surface area contributed by atoms with E-state index in [9.17, 15) is 0 Å². The second kappa shape index (κ2) is 4.34. The Kier molecular flexibility index (Phi) is 2.69. The number of nitrogens with zero attached hydrogens (tertiary/aromatic N) is 2. The molecule has 1 heterocycles. The van der Waals surface area contributed by atoms with Crippen LogP contribution >= 0.6 is 0 Å². The van der Waals surface area contributed by atoms with E-state index in [1.54, 1.807) is 0 Å². The number of benzene rings is 1. The van der Waals surface area contributed by atoms with Crippen LogP contribution in [0.2, 0.25) is 0 Å². The Morgan fingerprint density at radius 2 is 2.29 bits per heavy atom. The summed E-state index contributed by atoms with van der Waals surface area (Å²) in [6.07, 6.45) is 8.30. The van der Waals surface area contributed by atoms with Gasteiger partial charge in [-0.25, -0.2) is 4.98 Å². The molecule has 0 radical (unpaired) electrons. The third kappa shape index (κ3) is 2.39. The molecule has 1 fully saturated rings. The quantitative estimate of drug-likeness (QED) is 0.869. The van der Waals surface area contributed by atoms with E-state index in [4.69, 9.17) is 0 Å². The van der Waals surface area contributed by atoms with E-state index in [-0.39, 0.29) is 0 Å². The zero-order valence-corrected chi connectivity index (χ0v) is 10.1. The summed E-state index contributed by atoms with van der Waals surface area (Å²) in [5, 5.41) is 3.54. The molecule has 1 N–H and O–H groups in total. The maximum Gasteiger partial charge on any atom is 0.0991 e. The Morgan fingerprint density at radius 1 is 1.41 bits per heavy atom. The van der Waals surface area contributed by atoms with Crippen LogP contribution in [0.3, 0.4) is 0 Å². The first-order chi connectivity index (χ1) is 8.33. The summed E-state index contributed by atoms with van der Waals surface area (Å²) in [5.74, 6) is 0. The Bertz CT molecular complexity index is 498. The third-order valence-corrected chi connectivity index (χ3v) is 3.22. The van der Waals surface area contributed by atoms with Crippen molar-refractivity contribution in [3.63, 3.8) is 0 Å². The zero-order chi connectivity index (χ0) is 11.7. The van der Waals surface area contributed by atoms with Gasteiger partial charge in [-0.05, 0) is 37.0 Å². The van der Waals surface area contributed by atoms with Gasteiger partial charge < -0.3 is 9.88 Å². The first-order valence-corrected chi connectivity index (χ1v) is 6.14. The lowest BCUT2D eigenvalue weighted by molar-refractivity contribution is 0.687. The molecule has 1 aromatic carbocycles. The van der Waals surface area contributed by atoms with Crippen LogP contribution in [0.25, 0.3) is 5.69 Å². The van der Waals surface area contributed by atoms with E-state index < -0.39 is 0 Å². The van der Waals surface area contributed by atoms with Crippen LogP contribution in [-0.4, -0.2) is 15.6 Å². The van der Waals surface area contributed by atoms with Crippen molar-refractivity contribution in [2.24, 2.45) is 0 Å². The Labute approximate surface area is 101 Å². The number of nitrogens with one attached hydrogen (secondary N) is 1. The fourth-order valence-electron chi connectivity index (χ4n) is 2.07. The first kappa shape index (κ1) is 10.5. The Balaban J connectivity index is 1.78. The minimum atomic E-state index is 0.767. The van der Waals surface area contributed by atoms with Crippen LogP contribution in [0.5, 0.6) is 0 Å². The molecule has 0 atom stereocenters. The number of aromatic nitrogens is 2. The monoisotopic (exact) mass is 227 g/mol. The van der Waals surface area contributed by atoms with E-state index in [2.05, 4.69) is 35.4 Å². The van der Waals surface area contributed by atoms with Crippen LogP contribution < -0.4 is 5.32 Å². The molecule has 0 spiro atoms. The molecule has 0 aliphatic heterocycles. The molecule has 2 aromatic rings. The number of aryl methyl sites for hydroxylation is 1. The summed E-state index contributed by atoms with van der Waals surface area (Å²) >= 11 is 0. The highest BCUT2D eigenvalue weighted by atomic mass is 15.0. The van der Waals surface area contributed by atoms with Gasteiger partial charge in [0.05, 0.1) is 6.33 Å². The number of hydrogen-bond acceptors (Lipinski definition) is 2. The largest absolute Gasteiger partial charge is 0.310 e. The maximum atomic E-state index is 4.08. The molecular formula is C14H17N3. The topological polar surface area (TPSA) is 29.9 Å². The smallest absolute Gasteiger partial charge is 0.0991 e. The van der Waals surface area contributed by atoms with E-state index in [1.807, 2.05) is 23.3 Å². The van der Waals surface area contributed by atoms with Crippen LogP contribution in [0.4, 0.5) is 0 Å². The average molecular weight is 227 g/mol. The predicted octanol–water partition coefficient (Wildman–Crippen LogP) is 2.43. The van der Waals surface area contributed by atoms with Crippen molar-refractivity contribution >= 4 is 0 Å². The molecule has 88 valence electrons. The van der Waals surface area contributed by atoms with Gasteiger partial charge in [0, 0.05) is 30.7 Å². The molecular weight excluding hydrogens is 210 g/mol. The number of imidazole rings is 1. The van der Waals surface area contributed by atoms with Gasteiger partial charge in [-0.15, -0.1) is 0 Å². The summed E-state index contributed by atoms with van der Waals surface area (Å²) in [7, 11) is 0. The molecule has 1 aliphatic rings. The lowest BCUT2D eigenvalue weighted by Crippen LogP contribution is -2.15. The van der Waals surface area contributed by atoms with Gasteiger partial charge in [0.2, 0.25) is 0 Å². The average Bonchev–Trinajstić information content (AvgIpc) is 3.01. The molecule has 17 heavy (non-hydrogen) atoms. The van der Waals surface area contributed by atoms with E-state index >= 15 is 0 Å². The highest BCUT2D eigenvalue weighted by molar-refractivity contribution is 5.42. The number of hydrogen-bond donors (Lipinski definition) is 1. The molecule has 0 unspecified atom stereocenters. The van der Waals surface area contributed by atoms with Gasteiger partial charge >= 0.3 is 0 Å². The second-order valence-corrected chi connectivity index (χ2v) is 4.75. The molecule has 1 saturated carbocycles. The zero-order valence-electron chi connectivity index (χ0n) is 10.1. The molecule has 3 heteroatoms. The predicted molar refractivity (Wildman–Crippen MR) is 68.2 cm³/mol. The summed E-state index contributed by atoms with van der Waals surface area (Å²) in [6.45, 7) is 3.13. The molecule has 0 bridgehead atoms. The van der Waals surface area contributed by atoms with Gasteiger partial charge in [0.1, 0.15) is 0 Å². The van der Waals surface area contributed by atoms with E-state index in [0.717, 1.165) is 12.6 Å².